The van der Waals surface area contributed by atoms with E-state index in [9.17, 15) is 32.3 Å². The highest BCUT2D eigenvalue weighted by Gasteiger charge is 2.47. The Morgan fingerprint density at radius 2 is 1.78 bits per heavy atom. The predicted octanol–water partition coefficient (Wildman–Crippen LogP) is 5.10. The van der Waals surface area contributed by atoms with Crippen molar-refractivity contribution in [3.63, 3.8) is 0 Å². The van der Waals surface area contributed by atoms with Crippen LogP contribution >= 0.6 is 11.3 Å². The number of hydrogen-bond donors (Lipinski definition) is 1. The first-order valence-electron chi connectivity index (χ1n) is 12.5. The highest BCUT2D eigenvalue weighted by molar-refractivity contribution is 7.16. The molecule has 7 rings (SSSR count). The van der Waals surface area contributed by atoms with Crippen LogP contribution in [0.3, 0.4) is 0 Å². The van der Waals surface area contributed by atoms with Crippen molar-refractivity contribution in [2.75, 3.05) is 24.8 Å². The van der Waals surface area contributed by atoms with Crippen LogP contribution in [0.25, 0.3) is 21.6 Å². The lowest BCUT2D eigenvalue weighted by atomic mass is 9.91. The van der Waals surface area contributed by atoms with Gasteiger partial charge in [-0.25, -0.2) is 8.78 Å². The summed E-state index contributed by atoms with van der Waals surface area (Å²) in [5.41, 5.74) is -0.639. The fraction of sp³-hybridized carbons (Fsp3) is 0.214. The maximum absolute atomic E-state index is 15.8. The van der Waals surface area contributed by atoms with E-state index < -0.39 is 52.0 Å². The summed E-state index contributed by atoms with van der Waals surface area (Å²) in [7, 11) is 0. The van der Waals surface area contributed by atoms with E-state index in [1.54, 1.807) is 29.3 Å². The van der Waals surface area contributed by atoms with Crippen molar-refractivity contribution in [1.82, 2.24) is 9.58 Å². The Hall–Kier alpha value is -4.23. The smallest absolute Gasteiger partial charge is 0.425 e. The maximum Gasteiger partial charge on any atom is 0.425 e. The molecule has 4 heterocycles. The van der Waals surface area contributed by atoms with Crippen molar-refractivity contribution in [1.29, 1.82) is 0 Å². The predicted molar refractivity (Wildman–Crippen MR) is 138 cm³/mol. The summed E-state index contributed by atoms with van der Waals surface area (Å²) in [6.45, 7) is 0.294. The molecule has 1 saturated heterocycles. The number of pyridine rings is 1. The third-order valence-electron chi connectivity index (χ3n) is 7.64. The molecule has 7 nitrogen and oxygen atoms in total. The summed E-state index contributed by atoms with van der Waals surface area (Å²) in [4.78, 5) is 26.4. The number of ether oxygens (including phenoxy) is 1. The number of amides is 1. The third-order valence-corrected chi connectivity index (χ3v) is 8.85. The van der Waals surface area contributed by atoms with E-state index >= 15 is 4.39 Å². The number of benzene rings is 2. The van der Waals surface area contributed by atoms with Gasteiger partial charge >= 0.3 is 6.18 Å². The fourth-order valence-corrected chi connectivity index (χ4v) is 6.99. The number of fused-ring (bicyclic) bond motifs is 7. The first-order chi connectivity index (χ1) is 19.6. The van der Waals surface area contributed by atoms with Gasteiger partial charge in [0.1, 0.15) is 11.0 Å². The van der Waals surface area contributed by atoms with Gasteiger partial charge in [0.05, 0.1) is 19.3 Å². The van der Waals surface area contributed by atoms with Gasteiger partial charge in [-0.05, 0) is 28.8 Å². The van der Waals surface area contributed by atoms with Crippen LogP contribution in [0.15, 0.2) is 59.5 Å². The van der Waals surface area contributed by atoms with Crippen LogP contribution in [0.1, 0.15) is 32.5 Å². The molecular formula is C28H18F5N3O4S. The van der Waals surface area contributed by atoms with Gasteiger partial charge in [-0.15, -0.1) is 11.3 Å². The molecule has 2 aliphatic heterocycles. The molecule has 210 valence electrons. The Morgan fingerprint density at radius 3 is 2.56 bits per heavy atom. The number of carbonyl (C=O) groups excluding carboxylic acids is 1. The van der Waals surface area contributed by atoms with Crippen LogP contribution in [-0.2, 0) is 10.9 Å². The van der Waals surface area contributed by atoms with Crippen LogP contribution in [-0.4, -0.2) is 46.5 Å². The number of halogens is 5. The van der Waals surface area contributed by atoms with Gasteiger partial charge in [0.15, 0.2) is 23.1 Å². The number of aromatic nitrogens is 1. The van der Waals surface area contributed by atoms with Gasteiger partial charge in [-0.3, -0.25) is 19.3 Å². The normalized spacial score (nSPS) is 19.6. The minimum absolute atomic E-state index is 0.00420. The monoisotopic (exact) mass is 587 g/mol. The summed E-state index contributed by atoms with van der Waals surface area (Å²) >= 11 is 0.428. The second-order valence-electron chi connectivity index (χ2n) is 9.82. The van der Waals surface area contributed by atoms with E-state index in [-0.39, 0.29) is 47.0 Å². The molecule has 2 atom stereocenters. The topological polar surface area (TPSA) is 75.0 Å². The number of morpholine rings is 1. The SMILES string of the molecule is O=C1c2c(O)c(=O)ccn2N(C2c3ccccc3-c3sc(C(F)(F)F)cc3-c3c2ccc(F)c3F)C2COCCN12. The molecule has 0 spiro atoms. The number of aromatic hydroxyl groups is 1. The zero-order valence-electron chi connectivity index (χ0n) is 20.8. The van der Waals surface area contributed by atoms with E-state index in [1.165, 1.54) is 21.8 Å². The summed E-state index contributed by atoms with van der Waals surface area (Å²) in [6, 6.07) is 9.65. The average Bonchev–Trinajstić information content (AvgIpc) is 3.36. The van der Waals surface area contributed by atoms with Crippen molar-refractivity contribution >= 4 is 17.2 Å². The van der Waals surface area contributed by atoms with E-state index in [4.69, 9.17) is 4.74 Å². The summed E-state index contributed by atoms with van der Waals surface area (Å²) in [5, 5.41) is 12.3. The Balaban J connectivity index is 1.59. The highest BCUT2D eigenvalue weighted by atomic mass is 32.1. The highest BCUT2D eigenvalue weighted by Crippen LogP contribution is 2.53. The fourth-order valence-electron chi connectivity index (χ4n) is 5.91. The minimum Gasteiger partial charge on any atom is -0.502 e. The molecule has 2 unspecified atom stereocenters. The van der Waals surface area contributed by atoms with Crippen LogP contribution in [0.2, 0.25) is 0 Å². The second kappa shape index (κ2) is 8.88. The summed E-state index contributed by atoms with van der Waals surface area (Å²) in [5.74, 6) is -3.96. The van der Waals surface area contributed by atoms with Crippen molar-refractivity contribution < 1.29 is 36.6 Å². The molecule has 1 N–H and O–H groups in total. The number of rotatable bonds is 1. The molecule has 1 aliphatic carbocycles. The molecular weight excluding hydrogens is 569 g/mol. The van der Waals surface area contributed by atoms with E-state index in [0.29, 0.717) is 22.5 Å². The summed E-state index contributed by atoms with van der Waals surface area (Å²) in [6.07, 6.45) is -4.25. The lowest BCUT2D eigenvalue weighted by Crippen LogP contribution is -2.66. The van der Waals surface area contributed by atoms with Gasteiger partial charge in [-0.2, -0.15) is 13.2 Å². The number of alkyl halides is 3. The van der Waals surface area contributed by atoms with Gasteiger partial charge in [-0.1, -0.05) is 30.3 Å². The average molecular weight is 588 g/mol. The molecule has 1 fully saturated rings. The Kier molecular flexibility index (Phi) is 5.57. The van der Waals surface area contributed by atoms with Crippen molar-refractivity contribution in [3.05, 3.63) is 98.3 Å². The first kappa shape index (κ1) is 25.7. The molecule has 3 aliphatic rings. The molecule has 2 aromatic carbocycles. The molecule has 0 radical (unpaired) electrons. The van der Waals surface area contributed by atoms with E-state index in [1.807, 2.05) is 0 Å². The van der Waals surface area contributed by atoms with Crippen molar-refractivity contribution in [2.45, 2.75) is 18.4 Å². The maximum atomic E-state index is 15.8. The Bertz CT molecular complexity index is 1820. The van der Waals surface area contributed by atoms with Crippen molar-refractivity contribution in [2.24, 2.45) is 0 Å². The third kappa shape index (κ3) is 3.65. The van der Waals surface area contributed by atoms with Gasteiger partial charge < -0.3 is 14.7 Å². The number of thiophene rings is 1. The standard InChI is InChI=1S/C28H18F5N3O4S/c29-17-6-5-15-21(22(17)30)16-11-19(28(31,32)33)41-26(16)14-4-2-1-3-13(14)23(15)36-20-12-40-10-9-34(20)27(39)24-25(38)18(37)7-8-35(24)36/h1-8,11,20,23,38H,9-10,12H2. The second-order valence-corrected chi connectivity index (χ2v) is 10.9. The number of nitrogens with zero attached hydrogens (tertiary/aromatic N) is 3. The molecule has 0 saturated carbocycles. The molecule has 2 aromatic heterocycles. The van der Waals surface area contributed by atoms with Gasteiger partial charge in [0.2, 0.25) is 5.43 Å². The summed E-state index contributed by atoms with van der Waals surface area (Å²) < 4.78 is 79.1. The number of hydrogen-bond acceptors (Lipinski definition) is 6. The van der Waals surface area contributed by atoms with Gasteiger partial charge in [0.25, 0.3) is 5.91 Å². The minimum atomic E-state index is -4.72. The van der Waals surface area contributed by atoms with E-state index in [0.717, 1.165) is 18.2 Å². The molecule has 13 heteroatoms. The number of carbonyl (C=O) groups is 1. The quantitative estimate of drug-likeness (QED) is 0.314. The largest absolute Gasteiger partial charge is 0.502 e. The first-order valence-corrected chi connectivity index (χ1v) is 13.3. The van der Waals surface area contributed by atoms with Gasteiger partial charge in [0, 0.05) is 34.8 Å². The van der Waals surface area contributed by atoms with Crippen LogP contribution in [0.4, 0.5) is 22.0 Å². The lowest BCUT2D eigenvalue weighted by molar-refractivity contribution is -0.134. The molecule has 1 amide bonds. The Morgan fingerprint density at radius 1 is 1.00 bits per heavy atom. The molecule has 41 heavy (non-hydrogen) atoms. The molecule has 0 bridgehead atoms. The van der Waals surface area contributed by atoms with Crippen molar-refractivity contribution in [3.8, 4) is 27.3 Å². The zero-order chi connectivity index (χ0) is 28.8. The molecule has 4 aromatic rings. The van der Waals surface area contributed by atoms with Crippen LogP contribution in [0, 0.1) is 11.6 Å². The van der Waals surface area contributed by atoms with Crippen LogP contribution < -0.4 is 10.4 Å². The van der Waals surface area contributed by atoms with Crippen LogP contribution in [0.5, 0.6) is 5.75 Å². The zero-order valence-corrected chi connectivity index (χ0v) is 21.6. The lowest BCUT2D eigenvalue weighted by Gasteiger charge is -2.51. The Labute approximate surface area is 232 Å². The van der Waals surface area contributed by atoms with E-state index in [2.05, 4.69) is 0 Å².